The van der Waals surface area contributed by atoms with Gasteiger partial charge in [0.05, 0.1) is 18.8 Å². The van der Waals surface area contributed by atoms with Gasteiger partial charge in [-0.2, -0.15) is 13.2 Å². The summed E-state index contributed by atoms with van der Waals surface area (Å²) in [6.45, 7) is 1.17. The molecule has 1 aliphatic heterocycles. The van der Waals surface area contributed by atoms with Crippen LogP contribution in [-0.2, 0) is 10.9 Å². The van der Waals surface area contributed by atoms with Gasteiger partial charge in [-0.25, -0.2) is 0 Å². The van der Waals surface area contributed by atoms with Gasteiger partial charge in [-0.05, 0) is 17.7 Å². The maximum atomic E-state index is 12.4. The molecule has 0 unspecified atom stereocenters. The average molecular weight is 281 g/mol. The van der Waals surface area contributed by atoms with Crippen LogP contribution in [0, 0.1) is 0 Å². The van der Waals surface area contributed by atoms with Crippen LogP contribution >= 0.6 is 15.9 Å². The summed E-state index contributed by atoms with van der Waals surface area (Å²) in [4.78, 5) is 0. The van der Waals surface area contributed by atoms with Crippen LogP contribution in [0.2, 0.25) is 0 Å². The molecule has 5 heteroatoms. The largest absolute Gasteiger partial charge is 0.416 e. The summed E-state index contributed by atoms with van der Waals surface area (Å²) in [7, 11) is 0. The lowest BCUT2D eigenvalue weighted by atomic mass is 9.96. The van der Waals surface area contributed by atoms with Crippen molar-refractivity contribution in [2.24, 2.45) is 0 Å². The van der Waals surface area contributed by atoms with Crippen LogP contribution in [0.5, 0.6) is 0 Å². The highest BCUT2D eigenvalue weighted by Crippen LogP contribution is 2.36. The topological polar surface area (TPSA) is 9.23 Å². The van der Waals surface area contributed by atoms with Crippen LogP contribution in [0.3, 0.4) is 0 Å². The second kappa shape index (κ2) is 3.79. The standard InChI is InChI=1S/C10H8BrF3O/c11-9-3-7(10(12,13)14)1-2-8(9)6-4-15-5-6/h1-3,6H,4-5H2. The predicted octanol–water partition coefficient (Wildman–Crippen LogP) is 3.58. The number of alkyl halides is 3. The number of benzene rings is 1. The number of hydrogen-bond donors (Lipinski definition) is 0. The first-order valence-corrected chi connectivity index (χ1v) is 5.22. The third-order valence-corrected chi connectivity index (χ3v) is 3.09. The minimum absolute atomic E-state index is 0.224. The SMILES string of the molecule is FC(F)(F)c1ccc(C2COC2)c(Br)c1. The predicted molar refractivity (Wildman–Crippen MR) is 52.7 cm³/mol. The van der Waals surface area contributed by atoms with Gasteiger partial charge in [0, 0.05) is 10.4 Å². The van der Waals surface area contributed by atoms with E-state index in [0.29, 0.717) is 17.7 Å². The van der Waals surface area contributed by atoms with Crippen molar-refractivity contribution >= 4 is 15.9 Å². The Labute approximate surface area is 93.4 Å². The zero-order valence-electron chi connectivity index (χ0n) is 7.64. The lowest BCUT2D eigenvalue weighted by Crippen LogP contribution is -2.25. The van der Waals surface area contributed by atoms with Crippen molar-refractivity contribution in [3.8, 4) is 0 Å². The Hall–Kier alpha value is -0.550. The fraction of sp³-hybridized carbons (Fsp3) is 0.400. The minimum atomic E-state index is -4.28. The molecule has 0 aromatic heterocycles. The van der Waals surface area contributed by atoms with Crippen LogP contribution in [-0.4, -0.2) is 13.2 Å². The molecule has 82 valence electrons. The molecule has 0 aliphatic carbocycles. The normalized spacial score (nSPS) is 17.6. The Bertz CT molecular complexity index is 371. The molecule has 1 heterocycles. The summed E-state index contributed by atoms with van der Waals surface area (Å²) >= 11 is 3.16. The van der Waals surface area contributed by atoms with E-state index in [-0.39, 0.29) is 5.92 Å². The van der Waals surface area contributed by atoms with Crippen molar-refractivity contribution in [3.63, 3.8) is 0 Å². The van der Waals surface area contributed by atoms with E-state index in [0.717, 1.165) is 17.7 Å². The highest BCUT2D eigenvalue weighted by atomic mass is 79.9. The van der Waals surface area contributed by atoms with E-state index >= 15 is 0 Å². The van der Waals surface area contributed by atoms with Crippen molar-refractivity contribution in [2.75, 3.05) is 13.2 Å². The molecule has 0 radical (unpaired) electrons. The third-order valence-electron chi connectivity index (χ3n) is 2.41. The molecule has 0 atom stereocenters. The van der Waals surface area contributed by atoms with Crippen LogP contribution in [0.1, 0.15) is 17.0 Å². The van der Waals surface area contributed by atoms with Gasteiger partial charge in [0.15, 0.2) is 0 Å². The van der Waals surface area contributed by atoms with Gasteiger partial charge in [-0.1, -0.05) is 22.0 Å². The van der Waals surface area contributed by atoms with Crippen molar-refractivity contribution in [1.82, 2.24) is 0 Å². The fourth-order valence-corrected chi connectivity index (χ4v) is 2.15. The van der Waals surface area contributed by atoms with Crippen molar-refractivity contribution in [2.45, 2.75) is 12.1 Å². The first-order valence-electron chi connectivity index (χ1n) is 4.43. The first-order chi connectivity index (χ1) is 6.98. The van der Waals surface area contributed by atoms with Gasteiger partial charge in [0.2, 0.25) is 0 Å². The summed E-state index contributed by atoms with van der Waals surface area (Å²) in [6.07, 6.45) is -4.28. The molecule has 1 aromatic rings. The molecule has 0 amide bonds. The zero-order chi connectivity index (χ0) is 11.1. The van der Waals surface area contributed by atoms with Gasteiger partial charge < -0.3 is 4.74 Å². The van der Waals surface area contributed by atoms with E-state index in [1.165, 1.54) is 6.07 Å². The van der Waals surface area contributed by atoms with E-state index < -0.39 is 11.7 Å². The molecule has 0 saturated carbocycles. The molecule has 1 aromatic carbocycles. The Morgan fingerprint density at radius 2 is 1.93 bits per heavy atom. The van der Waals surface area contributed by atoms with Crippen LogP contribution in [0.25, 0.3) is 0 Å². The Kier molecular flexibility index (Phi) is 2.77. The summed E-state index contributed by atoms with van der Waals surface area (Å²) < 4.78 is 42.6. The van der Waals surface area contributed by atoms with Gasteiger partial charge in [-0.3, -0.25) is 0 Å². The lowest BCUT2D eigenvalue weighted by molar-refractivity contribution is -0.137. The molecular formula is C10H8BrF3O. The van der Waals surface area contributed by atoms with Crippen molar-refractivity contribution in [1.29, 1.82) is 0 Å². The molecule has 2 rings (SSSR count). The quantitative estimate of drug-likeness (QED) is 0.764. The van der Waals surface area contributed by atoms with E-state index in [1.807, 2.05) is 0 Å². The fourth-order valence-electron chi connectivity index (χ4n) is 1.45. The molecule has 1 aliphatic rings. The average Bonchev–Trinajstić information content (AvgIpc) is 2.03. The third kappa shape index (κ3) is 2.18. The summed E-state index contributed by atoms with van der Waals surface area (Å²) in [5, 5.41) is 0. The first kappa shape index (κ1) is 11.0. The maximum Gasteiger partial charge on any atom is 0.416 e. The minimum Gasteiger partial charge on any atom is -0.380 e. The maximum absolute atomic E-state index is 12.4. The molecule has 0 bridgehead atoms. The molecule has 1 saturated heterocycles. The number of halogens is 4. The number of rotatable bonds is 1. The lowest BCUT2D eigenvalue weighted by Gasteiger charge is -2.27. The summed E-state index contributed by atoms with van der Waals surface area (Å²) in [5.74, 6) is 0.224. The second-order valence-corrected chi connectivity index (χ2v) is 4.32. The Balaban J connectivity index is 2.30. The molecule has 0 N–H and O–H groups in total. The van der Waals surface area contributed by atoms with Gasteiger partial charge in [0.25, 0.3) is 0 Å². The van der Waals surface area contributed by atoms with E-state index in [9.17, 15) is 13.2 Å². The van der Waals surface area contributed by atoms with Crippen LogP contribution in [0.15, 0.2) is 22.7 Å². The molecular weight excluding hydrogens is 273 g/mol. The van der Waals surface area contributed by atoms with Crippen molar-refractivity contribution in [3.05, 3.63) is 33.8 Å². The number of hydrogen-bond acceptors (Lipinski definition) is 1. The summed E-state index contributed by atoms with van der Waals surface area (Å²) in [5.41, 5.74) is 0.257. The van der Waals surface area contributed by atoms with E-state index in [2.05, 4.69) is 15.9 Å². The monoisotopic (exact) mass is 280 g/mol. The van der Waals surface area contributed by atoms with Crippen molar-refractivity contribution < 1.29 is 17.9 Å². The Morgan fingerprint density at radius 3 is 2.33 bits per heavy atom. The van der Waals surface area contributed by atoms with E-state index in [1.54, 1.807) is 0 Å². The molecule has 15 heavy (non-hydrogen) atoms. The number of ether oxygens (including phenoxy) is 1. The highest BCUT2D eigenvalue weighted by Gasteiger charge is 2.32. The van der Waals surface area contributed by atoms with Crippen LogP contribution < -0.4 is 0 Å². The molecule has 0 spiro atoms. The molecule has 1 nitrogen and oxygen atoms in total. The van der Waals surface area contributed by atoms with Gasteiger partial charge in [-0.15, -0.1) is 0 Å². The zero-order valence-corrected chi connectivity index (χ0v) is 9.23. The van der Waals surface area contributed by atoms with Gasteiger partial charge >= 0.3 is 6.18 Å². The summed E-state index contributed by atoms with van der Waals surface area (Å²) in [6, 6.07) is 3.74. The van der Waals surface area contributed by atoms with Crippen LogP contribution in [0.4, 0.5) is 13.2 Å². The Morgan fingerprint density at radius 1 is 1.27 bits per heavy atom. The molecule has 1 fully saturated rings. The smallest absolute Gasteiger partial charge is 0.380 e. The highest BCUT2D eigenvalue weighted by molar-refractivity contribution is 9.10. The van der Waals surface area contributed by atoms with E-state index in [4.69, 9.17) is 4.74 Å². The second-order valence-electron chi connectivity index (χ2n) is 3.47. The van der Waals surface area contributed by atoms with Gasteiger partial charge in [0.1, 0.15) is 0 Å².